The number of hydrogen-bond donors (Lipinski definition) is 2. The minimum Gasteiger partial charge on any atom is -0.478 e. The van der Waals surface area contributed by atoms with Crippen molar-refractivity contribution in [3.8, 4) is 6.07 Å². The van der Waals surface area contributed by atoms with Gasteiger partial charge in [-0.15, -0.1) is 0 Å². The summed E-state index contributed by atoms with van der Waals surface area (Å²) in [4.78, 5) is 23.2. The Morgan fingerprint density at radius 3 is 2.17 bits per heavy atom. The lowest BCUT2D eigenvalue weighted by Crippen LogP contribution is -2.15. The lowest BCUT2D eigenvalue weighted by Gasteiger charge is -2.10. The highest BCUT2D eigenvalue weighted by atomic mass is 16.4. The van der Waals surface area contributed by atoms with E-state index in [1.54, 1.807) is 12.1 Å². The SMILES string of the molecule is Cc1cccc(C)c1NC(=O)/C(C#N)=C/c1ccc(C(=O)O)cc1. The van der Waals surface area contributed by atoms with Gasteiger partial charge in [0.25, 0.3) is 5.91 Å². The number of nitriles is 1. The second kappa shape index (κ2) is 7.25. The van der Waals surface area contributed by atoms with Crippen molar-refractivity contribution in [3.63, 3.8) is 0 Å². The summed E-state index contributed by atoms with van der Waals surface area (Å²) in [5.74, 6) is -1.53. The molecule has 5 nitrogen and oxygen atoms in total. The van der Waals surface area contributed by atoms with Crippen LogP contribution in [0.4, 0.5) is 5.69 Å². The van der Waals surface area contributed by atoms with Crippen LogP contribution in [0.5, 0.6) is 0 Å². The molecule has 0 radical (unpaired) electrons. The van der Waals surface area contributed by atoms with Crippen LogP contribution in [-0.4, -0.2) is 17.0 Å². The van der Waals surface area contributed by atoms with Crippen LogP contribution in [0.3, 0.4) is 0 Å². The molecule has 0 atom stereocenters. The predicted octanol–water partition coefficient (Wildman–Crippen LogP) is 3.55. The maximum absolute atomic E-state index is 12.3. The van der Waals surface area contributed by atoms with Crippen molar-refractivity contribution >= 4 is 23.6 Å². The van der Waals surface area contributed by atoms with Crippen LogP contribution in [0.1, 0.15) is 27.0 Å². The first-order chi connectivity index (χ1) is 11.4. The van der Waals surface area contributed by atoms with Gasteiger partial charge in [-0.1, -0.05) is 30.3 Å². The van der Waals surface area contributed by atoms with Gasteiger partial charge in [0.2, 0.25) is 0 Å². The molecular weight excluding hydrogens is 304 g/mol. The fourth-order valence-electron chi connectivity index (χ4n) is 2.23. The normalized spacial score (nSPS) is 10.8. The first-order valence-corrected chi connectivity index (χ1v) is 7.25. The number of nitrogens with zero attached hydrogens (tertiary/aromatic N) is 1. The summed E-state index contributed by atoms with van der Waals surface area (Å²) in [5, 5.41) is 20.9. The first kappa shape index (κ1) is 17.0. The molecule has 2 aromatic rings. The summed E-state index contributed by atoms with van der Waals surface area (Å²) in [7, 11) is 0. The van der Waals surface area contributed by atoms with Gasteiger partial charge in [-0.25, -0.2) is 4.79 Å². The zero-order chi connectivity index (χ0) is 17.7. The lowest BCUT2D eigenvalue weighted by atomic mass is 10.1. The standard InChI is InChI=1S/C19H16N2O3/c1-12-4-3-5-13(2)17(12)21-18(22)16(11-20)10-14-6-8-15(9-7-14)19(23)24/h3-10H,1-2H3,(H,21,22)(H,23,24)/b16-10+. The quantitative estimate of drug-likeness (QED) is 0.666. The number of anilines is 1. The van der Waals surface area contributed by atoms with Gasteiger partial charge in [-0.05, 0) is 48.7 Å². The van der Waals surface area contributed by atoms with E-state index >= 15 is 0 Å². The molecule has 0 saturated heterocycles. The molecule has 5 heteroatoms. The number of benzene rings is 2. The van der Waals surface area contributed by atoms with Crippen LogP contribution in [0.2, 0.25) is 0 Å². The van der Waals surface area contributed by atoms with Gasteiger partial charge in [-0.2, -0.15) is 5.26 Å². The molecule has 0 saturated carbocycles. The minimum atomic E-state index is -1.03. The minimum absolute atomic E-state index is 0.0549. The number of amides is 1. The maximum Gasteiger partial charge on any atom is 0.335 e. The Morgan fingerprint density at radius 2 is 1.67 bits per heavy atom. The molecule has 120 valence electrons. The van der Waals surface area contributed by atoms with E-state index in [1.165, 1.54) is 18.2 Å². The number of hydrogen-bond acceptors (Lipinski definition) is 3. The summed E-state index contributed by atoms with van der Waals surface area (Å²) in [6.07, 6.45) is 1.43. The number of carboxylic acid groups (broad SMARTS) is 1. The molecule has 0 spiro atoms. The van der Waals surface area contributed by atoms with E-state index in [-0.39, 0.29) is 11.1 Å². The fraction of sp³-hybridized carbons (Fsp3) is 0.105. The molecule has 2 aromatic carbocycles. The van der Waals surface area contributed by atoms with Gasteiger partial charge < -0.3 is 10.4 Å². The smallest absolute Gasteiger partial charge is 0.335 e. The summed E-state index contributed by atoms with van der Waals surface area (Å²) in [6.45, 7) is 3.76. The molecule has 0 heterocycles. The van der Waals surface area contributed by atoms with E-state index < -0.39 is 11.9 Å². The molecule has 24 heavy (non-hydrogen) atoms. The Balaban J connectivity index is 2.26. The topological polar surface area (TPSA) is 90.2 Å². The number of carbonyl (C=O) groups excluding carboxylic acids is 1. The van der Waals surface area contributed by atoms with E-state index in [2.05, 4.69) is 5.32 Å². The summed E-state index contributed by atoms with van der Waals surface area (Å²) < 4.78 is 0. The molecule has 0 aliphatic rings. The van der Waals surface area contributed by atoms with E-state index in [0.717, 1.165) is 11.1 Å². The molecule has 0 aliphatic heterocycles. The molecule has 1 amide bonds. The van der Waals surface area contributed by atoms with Gasteiger partial charge in [0.15, 0.2) is 0 Å². The third-order valence-electron chi connectivity index (χ3n) is 3.55. The molecule has 0 aromatic heterocycles. The third-order valence-corrected chi connectivity index (χ3v) is 3.55. The van der Waals surface area contributed by atoms with Crippen molar-refractivity contribution in [2.24, 2.45) is 0 Å². The van der Waals surface area contributed by atoms with Crippen molar-refractivity contribution in [1.82, 2.24) is 0 Å². The van der Waals surface area contributed by atoms with Gasteiger partial charge >= 0.3 is 5.97 Å². The van der Waals surface area contributed by atoms with Crippen molar-refractivity contribution in [2.75, 3.05) is 5.32 Å². The van der Waals surface area contributed by atoms with Crippen molar-refractivity contribution in [3.05, 3.63) is 70.3 Å². The average molecular weight is 320 g/mol. The highest BCUT2D eigenvalue weighted by Crippen LogP contribution is 2.20. The fourth-order valence-corrected chi connectivity index (χ4v) is 2.23. The lowest BCUT2D eigenvalue weighted by molar-refractivity contribution is -0.112. The Kier molecular flexibility index (Phi) is 5.13. The van der Waals surface area contributed by atoms with Crippen molar-refractivity contribution in [1.29, 1.82) is 5.26 Å². The summed E-state index contributed by atoms with van der Waals surface area (Å²) >= 11 is 0. The number of para-hydroxylation sites is 1. The number of nitrogens with one attached hydrogen (secondary N) is 1. The average Bonchev–Trinajstić information content (AvgIpc) is 2.56. The second-order valence-electron chi connectivity index (χ2n) is 5.32. The number of aromatic carboxylic acids is 1. The van der Waals surface area contributed by atoms with Gasteiger partial charge in [0, 0.05) is 5.69 Å². The van der Waals surface area contributed by atoms with Crippen molar-refractivity contribution < 1.29 is 14.7 Å². The second-order valence-corrected chi connectivity index (χ2v) is 5.32. The van der Waals surface area contributed by atoms with Crippen molar-refractivity contribution in [2.45, 2.75) is 13.8 Å². The highest BCUT2D eigenvalue weighted by molar-refractivity contribution is 6.10. The first-order valence-electron chi connectivity index (χ1n) is 7.25. The van der Waals surface area contributed by atoms with Gasteiger partial charge in [0.1, 0.15) is 11.6 Å². The molecule has 0 unspecified atom stereocenters. The summed E-state index contributed by atoms with van der Waals surface area (Å²) in [5.41, 5.74) is 3.17. The van der Waals surface area contributed by atoms with Crippen LogP contribution in [0.25, 0.3) is 6.08 Å². The molecular formula is C19H16N2O3. The van der Waals surface area contributed by atoms with E-state index in [1.807, 2.05) is 38.1 Å². The van der Waals surface area contributed by atoms with Crippen LogP contribution >= 0.6 is 0 Å². The third kappa shape index (κ3) is 3.87. The van der Waals surface area contributed by atoms with Gasteiger partial charge in [-0.3, -0.25) is 4.79 Å². The Hall–Kier alpha value is -3.39. The van der Waals surface area contributed by atoms with E-state index in [0.29, 0.717) is 11.3 Å². The van der Waals surface area contributed by atoms with Crippen LogP contribution < -0.4 is 5.32 Å². The Bertz CT molecular complexity index is 839. The zero-order valence-corrected chi connectivity index (χ0v) is 13.3. The highest BCUT2D eigenvalue weighted by Gasteiger charge is 2.12. The van der Waals surface area contributed by atoms with E-state index in [9.17, 15) is 14.9 Å². The molecule has 0 bridgehead atoms. The van der Waals surface area contributed by atoms with E-state index in [4.69, 9.17) is 5.11 Å². The van der Waals surface area contributed by atoms with Crippen LogP contribution in [-0.2, 0) is 4.79 Å². The van der Waals surface area contributed by atoms with Crippen LogP contribution in [0.15, 0.2) is 48.0 Å². The predicted molar refractivity (Wildman–Crippen MR) is 91.5 cm³/mol. The monoisotopic (exact) mass is 320 g/mol. The Morgan fingerprint density at radius 1 is 1.08 bits per heavy atom. The maximum atomic E-state index is 12.3. The Labute approximate surface area is 139 Å². The summed E-state index contributed by atoms with van der Waals surface area (Å²) in [6, 6.07) is 13.5. The number of aryl methyl sites for hydroxylation is 2. The molecule has 0 aliphatic carbocycles. The van der Waals surface area contributed by atoms with Gasteiger partial charge in [0.05, 0.1) is 5.56 Å². The number of rotatable bonds is 4. The number of carboxylic acids is 1. The molecule has 2 N–H and O–H groups in total. The number of carbonyl (C=O) groups is 2. The molecule has 0 fully saturated rings. The largest absolute Gasteiger partial charge is 0.478 e. The molecule has 2 rings (SSSR count). The van der Waals surface area contributed by atoms with Crippen LogP contribution in [0, 0.1) is 25.2 Å². The zero-order valence-electron chi connectivity index (χ0n) is 13.3.